The standard InChI is InChI=1S/C6H11ClNO2/c1-4-10-6(9)5(7)8(2)3/h4H2,1-3H3/q+1. The van der Waals surface area contributed by atoms with Gasteiger partial charge in [0.05, 0.1) is 6.61 Å². The van der Waals surface area contributed by atoms with Gasteiger partial charge in [0.2, 0.25) is 0 Å². The zero-order chi connectivity index (χ0) is 8.15. The maximum absolute atomic E-state index is 10.8. The van der Waals surface area contributed by atoms with Crippen LogP contribution in [0.1, 0.15) is 6.92 Å². The van der Waals surface area contributed by atoms with E-state index in [0.29, 0.717) is 6.61 Å². The van der Waals surface area contributed by atoms with Crippen LogP contribution in [0.5, 0.6) is 0 Å². The van der Waals surface area contributed by atoms with Gasteiger partial charge >= 0.3 is 11.1 Å². The zero-order valence-electron chi connectivity index (χ0n) is 6.35. The number of hydrogen-bond acceptors (Lipinski definition) is 2. The first-order valence-corrected chi connectivity index (χ1v) is 3.34. The van der Waals surface area contributed by atoms with Gasteiger partial charge in [0.25, 0.3) is 0 Å². The van der Waals surface area contributed by atoms with Gasteiger partial charge in [0, 0.05) is 0 Å². The third-order valence-electron chi connectivity index (χ3n) is 0.837. The molecule has 0 heterocycles. The topological polar surface area (TPSA) is 29.3 Å². The highest BCUT2D eigenvalue weighted by molar-refractivity contribution is 6.80. The maximum Gasteiger partial charge on any atom is 0.416 e. The van der Waals surface area contributed by atoms with E-state index in [0.717, 1.165) is 0 Å². The second kappa shape index (κ2) is 4.28. The third kappa shape index (κ3) is 2.82. The van der Waals surface area contributed by atoms with Gasteiger partial charge in [-0.3, -0.25) is 0 Å². The molecule has 0 amide bonds. The van der Waals surface area contributed by atoms with Crippen LogP contribution in [0.25, 0.3) is 0 Å². The molecule has 4 heteroatoms. The van der Waals surface area contributed by atoms with Crippen molar-refractivity contribution in [3.8, 4) is 0 Å². The van der Waals surface area contributed by atoms with E-state index in [2.05, 4.69) is 4.74 Å². The Balaban J connectivity index is 4.09. The molecule has 58 valence electrons. The van der Waals surface area contributed by atoms with Crippen LogP contribution in [-0.2, 0) is 9.53 Å². The van der Waals surface area contributed by atoms with Gasteiger partial charge in [0.15, 0.2) is 0 Å². The molecule has 0 saturated heterocycles. The van der Waals surface area contributed by atoms with Gasteiger partial charge in [0.1, 0.15) is 14.1 Å². The molecule has 10 heavy (non-hydrogen) atoms. The van der Waals surface area contributed by atoms with Crippen LogP contribution in [0, 0.1) is 0 Å². The molecule has 0 aromatic rings. The Morgan fingerprint density at radius 1 is 1.60 bits per heavy atom. The molecule has 0 aromatic carbocycles. The van der Waals surface area contributed by atoms with Gasteiger partial charge in [-0.1, -0.05) is 0 Å². The number of ether oxygens (including phenoxy) is 1. The van der Waals surface area contributed by atoms with Crippen molar-refractivity contribution in [1.29, 1.82) is 0 Å². The molecule has 0 radical (unpaired) electrons. The highest BCUT2D eigenvalue weighted by atomic mass is 35.5. The lowest BCUT2D eigenvalue weighted by Crippen LogP contribution is -2.20. The average molecular weight is 165 g/mol. The van der Waals surface area contributed by atoms with Crippen LogP contribution < -0.4 is 0 Å². The second-order valence-corrected chi connectivity index (χ2v) is 2.26. The zero-order valence-corrected chi connectivity index (χ0v) is 7.10. The van der Waals surface area contributed by atoms with E-state index in [1.54, 1.807) is 21.0 Å². The summed E-state index contributed by atoms with van der Waals surface area (Å²) in [5, 5.41) is 0.0989. The van der Waals surface area contributed by atoms with E-state index in [1.165, 1.54) is 4.58 Å². The van der Waals surface area contributed by atoms with E-state index >= 15 is 0 Å². The van der Waals surface area contributed by atoms with Crippen molar-refractivity contribution in [3.63, 3.8) is 0 Å². The van der Waals surface area contributed by atoms with E-state index in [9.17, 15) is 4.79 Å². The minimum Gasteiger partial charge on any atom is -0.457 e. The smallest absolute Gasteiger partial charge is 0.416 e. The Labute approximate surface area is 65.2 Å². The summed E-state index contributed by atoms with van der Waals surface area (Å²) in [4.78, 5) is 10.8. The Bertz CT molecular complexity index is 161. The molecule has 0 fully saturated rings. The molecule has 0 rings (SSSR count). The molecule has 0 aliphatic rings. The van der Waals surface area contributed by atoms with Gasteiger partial charge in [-0.15, -0.1) is 0 Å². The Hall–Kier alpha value is -0.570. The molecule has 0 aliphatic carbocycles. The molecule has 0 saturated carbocycles. The van der Waals surface area contributed by atoms with Gasteiger partial charge in [-0.2, -0.15) is 0 Å². The molecule has 3 nitrogen and oxygen atoms in total. The Morgan fingerprint density at radius 2 is 2.10 bits per heavy atom. The molecule has 0 bridgehead atoms. The highest BCUT2D eigenvalue weighted by Crippen LogP contribution is 1.87. The fourth-order valence-corrected chi connectivity index (χ4v) is 0.428. The number of hydrogen-bond donors (Lipinski definition) is 0. The first kappa shape index (κ1) is 9.43. The maximum atomic E-state index is 10.8. The van der Waals surface area contributed by atoms with Crippen molar-refractivity contribution in [2.45, 2.75) is 6.92 Å². The van der Waals surface area contributed by atoms with Crippen LogP contribution >= 0.6 is 11.6 Å². The molecule has 0 spiro atoms. The van der Waals surface area contributed by atoms with E-state index in [4.69, 9.17) is 11.6 Å². The largest absolute Gasteiger partial charge is 0.457 e. The summed E-state index contributed by atoms with van der Waals surface area (Å²) >= 11 is 5.51. The summed E-state index contributed by atoms with van der Waals surface area (Å²) in [5.74, 6) is -0.478. The highest BCUT2D eigenvalue weighted by Gasteiger charge is 2.16. The summed E-state index contributed by atoms with van der Waals surface area (Å²) in [7, 11) is 3.36. The normalized spacial score (nSPS) is 8.80. The molecule has 0 atom stereocenters. The minimum atomic E-state index is -0.478. The predicted octanol–water partition coefficient (Wildman–Crippen LogP) is 0.459. The first-order valence-electron chi connectivity index (χ1n) is 2.96. The van der Waals surface area contributed by atoms with Crippen LogP contribution in [-0.4, -0.2) is 36.4 Å². The van der Waals surface area contributed by atoms with Crippen LogP contribution in [0.4, 0.5) is 0 Å². The van der Waals surface area contributed by atoms with Crippen LogP contribution in [0.2, 0.25) is 0 Å². The van der Waals surface area contributed by atoms with Gasteiger partial charge in [-0.05, 0) is 18.5 Å². The fourth-order valence-electron chi connectivity index (χ4n) is 0.373. The number of esters is 1. The van der Waals surface area contributed by atoms with Gasteiger partial charge in [-0.25, -0.2) is 9.37 Å². The molecule has 0 unspecified atom stereocenters. The van der Waals surface area contributed by atoms with E-state index < -0.39 is 5.97 Å². The van der Waals surface area contributed by atoms with Crippen LogP contribution in [0.15, 0.2) is 0 Å². The lowest BCUT2D eigenvalue weighted by Gasteiger charge is -1.95. The average Bonchev–Trinajstić information content (AvgIpc) is 1.87. The summed E-state index contributed by atoms with van der Waals surface area (Å²) in [6.45, 7) is 2.08. The summed E-state index contributed by atoms with van der Waals surface area (Å²) in [6.07, 6.45) is 0. The predicted molar refractivity (Wildman–Crippen MR) is 39.6 cm³/mol. The number of carbonyl (C=O) groups is 1. The lowest BCUT2D eigenvalue weighted by molar-refractivity contribution is -0.461. The number of halogens is 1. The summed E-state index contributed by atoms with van der Waals surface area (Å²) in [6, 6.07) is 0. The molecular weight excluding hydrogens is 154 g/mol. The lowest BCUT2D eigenvalue weighted by atomic mass is 10.7. The second-order valence-electron chi connectivity index (χ2n) is 1.91. The SMILES string of the molecule is CCOC(=O)C(Cl)=[N+](C)C. The van der Waals surface area contributed by atoms with Crippen molar-refractivity contribution >= 4 is 22.7 Å². The van der Waals surface area contributed by atoms with Gasteiger partial charge < -0.3 is 4.74 Å². The quantitative estimate of drug-likeness (QED) is 0.337. The fraction of sp³-hybridized carbons (Fsp3) is 0.667. The molecule has 0 N–H and O–H groups in total. The van der Waals surface area contributed by atoms with Crippen molar-refractivity contribution in [1.82, 2.24) is 0 Å². The minimum absolute atomic E-state index is 0.0989. The van der Waals surface area contributed by atoms with Crippen LogP contribution in [0.3, 0.4) is 0 Å². The molecular formula is C6H11ClNO2+. The van der Waals surface area contributed by atoms with E-state index in [1.807, 2.05) is 0 Å². The number of carbonyl (C=O) groups excluding carboxylic acids is 1. The van der Waals surface area contributed by atoms with Crippen molar-refractivity contribution in [2.75, 3.05) is 20.7 Å². The van der Waals surface area contributed by atoms with E-state index in [-0.39, 0.29) is 5.17 Å². The molecule has 0 aliphatic heterocycles. The number of rotatable bonds is 2. The Kier molecular flexibility index (Phi) is 4.03. The Morgan fingerprint density at radius 3 is 2.40 bits per heavy atom. The number of nitrogens with zero attached hydrogens (tertiary/aromatic N) is 1. The monoisotopic (exact) mass is 164 g/mol. The third-order valence-corrected chi connectivity index (χ3v) is 1.33. The van der Waals surface area contributed by atoms with Crippen molar-refractivity contribution in [3.05, 3.63) is 0 Å². The summed E-state index contributed by atoms with van der Waals surface area (Å²) < 4.78 is 6.11. The first-order chi connectivity index (χ1) is 4.59. The summed E-state index contributed by atoms with van der Waals surface area (Å²) in [5.41, 5.74) is 0. The van der Waals surface area contributed by atoms with Crippen molar-refractivity contribution in [2.24, 2.45) is 0 Å². The molecule has 0 aromatic heterocycles. The van der Waals surface area contributed by atoms with Crippen molar-refractivity contribution < 1.29 is 14.1 Å².